The van der Waals surface area contributed by atoms with Crippen molar-refractivity contribution >= 4 is 15.9 Å². The van der Waals surface area contributed by atoms with Gasteiger partial charge in [0.05, 0.1) is 10.8 Å². The Labute approximate surface area is 126 Å². The SMILES string of the molecule is Cc1cc(C)c(S(=O)(=O)N2CCCC(C(N)=O)C2)c(C)c1. The molecule has 1 heterocycles. The normalized spacial score (nSPS) is 20.4. The Kier molecular flexibility index (Phi) is 4.39. The molecule has 0 aromatic heterocycles. The second-order valence-corrected chi connectivity index (χ2v) is 7.71. The first-order valence-electron chi connectivity index (χ1n) is 7.11. The Morgan fingerprint density at radius 1 is 1.24 bits per heavy atom. The minimum absolute atomic E-state index is 0.185. The van der Waals surface area contributed by atoms with Gasteiger partial charge in [0.2, 0.25) is 15.9 Å². The Morgan fingerprint density at radius 3 is 2.33 bits per heavy atom. The summed E-state index contributed by atoms with van der Waals surface area (Å²) >= 11 is 0. The number of hydrogen-bond donors (Lipinski definition) is 1. The first-order valence-corrected chi connectivity index (χ1v) is 8.55. The van der Waals surface area contributed by atoms with E-state index in [1.54, 1.807) is 0 Å². The van der Waals surface area contributed by atoms with E-state index >= 15 is 0 Å². The van der Waals surface area contributed by atoms with E-state index in [0.717, 1.165) is 16.7 Å². The van der Waals surface area contributed by atoms with E-state index in [1.165, 1.54) is 4.31 Å². The molecule has 1 saturated heterocycles. The number of nitrogens with zero attached hydrogens (tertiary/aromatic N) is 1. The van der Waals surface area contributed by atoms with Crippen molar-refractivity contribution in [3.05, 3.63) is 28.8 Å². The number of nitrogens with two attached hydrogens (primary N) is 1. The summed E-state index contributed by atoms with van der Waals surface area (Å²) in [5.74, 6) is -0.813. The monoisotopic (exact) mass is 310 g/mol. The Morgan fingerprint density at radius 2 is 1.81 bits per heavy atom. The lowest BCUT2D eigenvalue weighted by molar-refractivity contribution is -0.122. The van der Waals surface area contributed by atoms with E-state index in [4.69, 9.17) is 5.73 Å². The van der Waals surface area contributed by atoms with E-state index < -0.39 is 15.9 Å². The zero-order valence-corrected chi connectivity index (χ0v) is 13.5. The summed E-state index contributed by atoms with van der Waals surface area (Å²) in [6, 6.07) is 3.74. The molecule has 1 atom stereocenters. The smallest absolute Gasteiger partial charge is 0.243 e. The van der Waals surface area contributed by atoms with Crippen LogP contribution in [0, 0.1) is 26.7 Å². The lowest BCUT2D eigenvalue weighted by Crippen LogP contribution is -2.44. The van der Waals surface area contributed by atoms with Gasteiger partial charge < -0.3 is 5.73 Å². The average molecular weight is 310 g/mol. The number of carbonyl (C=O) groups excluding carboxylic acids is 1. The van der Waals surface area contributed by atoms with Gasteiger partial charge in [0, 0.05) is 13.1 Å². The molecule has 116 valence electrons. The highest BCUT2D eigenvalue weighted by Crippen LogP contribution is 2.28. The van der Waals surface area contributed by atoms with Crippen LogP contribution in [-0.4, -0.2) is 31.7 Å². The standard InChI is InChI=1S/C15H22N2O3S/c1-10-7-11(2)14(12(3)8-10)21(19,20)17-6-4-5-13(9-17)15(16)18/h7-8,13H,4-6,9H2,1-3H3,(H2,16,18). The van der Waals surface area contributed by atoms with Crippen molar-refractivity contribution in [3.8, 4) is 0 Å². The lowest BCUT2D eigenvalue weighted by atomic mass is 9.99. The van der Waals surface area contributed by atoms with Gasteiger partial charge >= 0.3 is 0 Å². The van der Waals surface area contributed by atoms with Crippen molar-refractivity contribution in [1.29, 1.82) is 0 Å². The van der Waals surface area contributed by atoms with Crippen LogP contribution in [-0.2, 0) is 14.8 Å². The van der Waals surface area contributed by atoms with E-state index in [9.17, 15) is 13.2 Å². The van der Waals surface area contributed by atoms with Gasteiger partial charge in [-0.05, 0) is 44.7 Å². The molecular formula is C15H22N2O3S. The van der Waals surface area contributed by atoms with Crippen molar-refractivity contribution in [3.63, 3.8) is 0 Å². The average Bonchev–Trinajstić information content (AvgIpc) is 2.37. The van der Waals surface area contributed by atoms with Crippen molar-refractivity contribution in [2.45, 2.75) is 38.5 Å². The molecule has 1 aromatic rings. The quantitative estimate of drug-likeness (QED) is 0.918. The van der Waals surface area contributed by atoms with E-state index in [0.29, 0.717) is 24.3 Å². The van der Waals surface area contributed by atoms with E-state index in [-0.39, 0.29) is 12.5 Å². The third kappa shape index (κ3) is 3.11. The topological polar surface area (TPSA) is 80.5 Å². The maximum Gasteiger partial charge on any atom is 0.243 e. The predicted molar refractivity (Wildman–Crippen MR) is 81.3 cm³/mol. The molecule has 6 heteroatoms. The molecule has 1 aromatic carbocycles. The third-order valence-corrected chi connectivity index (χ3v) is 6.16. The van der Waals surface area contributed by atoms with Gasteiger partial charge in [-0.1, -0.05) is 17.7 Å². The Bertz CT molecular complexity index is 644. The molecule has 0 spiro atoms. The minimum atomic E-state index is -3.58. The van der Waals surface area contributed by atoms with Crippen LogP contribution in [0.15, 0.2) is 17.0 Å². The molecule has 0 bridgehead atoms. The molecular weight excluding hydrogens is 288 g/mol. The molecule has 1 unspecified atom stereocenters. The Balaban J connectivity index is 2.41. The summed E-state index contributed by atoms with van der Waals surface area (Å²) in [6.45, 7) is 6.19. The molecule has 5 nitrogen and oxygen atoms in total. The molecule has 1 aliphatic rings. The molecule has 0 radical (unpaired) electrons. The zero-order valence-electron chi connectivity index (χ0n) is 12.7. The molecule has 0 aliphatic carbocycles. The number of hydrogen-bond acceptors (Lipinski definition) is 3. The van der Waals surface area contributed by atoms with Gasteiger partial charge in [0.25, 0.3) is 0 Å². The van der Waals surface area contributed by atoms with Crippen LogP contribution in [0.25, 0.3) is 0 Å². The van der Waals surface area contributed by atoms with Crippen LogP contribution >= 0.6 is 0 Å². The van der Waals surface area contributed by atoms with Crippen molar-refractivity contribution < 1.29 is 13.2 Å². The fraction of sp³-hybridized carbons (Fsp3) is 0.533. The van der Waals surface area contributed by atoms with Gasteiger partial charge in [-0.15, -0.1) is 0 Å². The van der Waals surface area contributed by atoms with Gasteiger partial charge in [-0.2, -0.15) is 4.31 Å². The molecule has 21 heavy (non-hydrogen) atoms. The summed E-state index contributed by atoms with van der Waals surface area (Å²) in [6.07, 6.45) is 1.32. The third-order valence-electron chi connectivity index (χ3n) is 3.99. The fourth-order valence-corrected chi connectivity index (χ4v) is 5.03. The van der Waals surface area contributed by atoms with Gasteiger partial charge in [0.1, 0.15) is 0 Å². The van der Waals surface area contributed by atoms with Crippen LogP contribution in [0.4, 0.5) is 0 Å². The fourth-order valence-electron chi connectivity index (χ4n) is 3.10. The second kappa shape index (κ2) is 5.77. The van der Waals surface area contributed by atoms with Gasteiger partial charge in [-0.3, -0.25) is 4.79 Å². The highest BCUT2D eigenvalue weighted by Gasteiger charge is 2.34. The molecule has 1 fully saturated rings. The maximum atomic E-state index is 12.9. The van der Waals surface area contributed by atoms with Crippen molar-refractivity contribution in [1.82, 2.24) is 4.31 Å². The van der Waals surface area contributed by atoms with Crippen LogP contribution in [0.1, 0.15) is 29.5 Å². The number of rotatable bonds is 3. The van der Waals surface area contributed by atoms with Crippen LogP contribution < -0.4 is 5.73 Å². The highest BCUT2D eigenvalue weighted by atomic mass is 32.2. The molecule has 2 rings (SSSR count). The largest absolute Gasteiger partial charge is 0.369 e. The lowest BCUT2D eigenvalue weighted by Gasteiger charge is -2.31. The van der Waals surface area contributed by atoms with E-state index in [1.807, 2.05) is 32.9 Å². The predicted octanol–water partition coefficient (Wildman–Crippen LogP) is 1.50. The number of benzene rings is 1. The summed E-state index contributed by atoms with van der Waals surface area (Å²) < 4.78 is 27.2. The van der Waals surface area contributed by atoms with Crippen molar-refractivity contribution in [2.24, 2.45) is 11.7 Å². The van der Waals surface area contributed by atoms with Crippen LogP contribution in [0.5, 0.6) is 0 Å². The maximum absolute atomic E-state index is 12.9. The number of amides is 1. The number of primary amides is 1. The van der Waals surface area contributed by atoms with Gasteiger partial charge in [0.15, 0.2) is 0 Å². The molecule has 1 amide bonds. The Hall–Kier alpha value is -1.40. The molecule has 0 saturated carbocycles. The zero-order chi connectivity index (χ0) is 15.8. The number of piperidine rings is 1. The number of carbonyl (C=O) groups is 1. The first kappa shape index (κ1) is 16.0. The minimum Gasteiger partial charge on any atom is -0.369 e. The first-order chi connectivity index (χ1) is 9.73. The summed E-state index contributed by atoms with van der Waals surface area (Å²) in [5.41, 5.74) is 7.86. The summed E-state index contributed by atoms with van der Waals surface area (Å²) in [7, 11) is -3.58. The number of aryl methyl sites for hydroxylation is 3. The summed E-state index contributed by atoms with van der Waals surface area (Å²) in [4.78, 5) is 11.7. The molecule has 2 N–H and O–H groups in total. The highest BCUT2D eigenvalue weighted by molar-refractivity contribution is 7.89. The van der Waals surface area contributed by atoms with Crippen molar-refractivity contribution in [2.75, 3.05) is 13.1 Å². The summed E-state index contributed by atoms with van der Waals surface area (Å²) in [5, 5.41) is 0. The van der Waals surface area contributed by atoms with Crippen LogP contribution in [0.2, 0.25) is 0 Å². The second-order valence-electron chi connectivity index (χ2n) is 5.83. The molecule has 1 aliphatic heterocycles. The van der Waals surface area contributed by atoms with Crippen LogP contribution in [0.3, 0.4) is 0 Å². The number of sulfonamides is 1. The van der Waals surface area contributed by atoms with Gasteiger partial charge in [-0.25, -0.2) is 8.42 Å². The van der Waals surface area contributed by atoms with E-state index in [2.05, 4.69) is 0 Å².